The zero-order valence-electron chi connectivity index (χ0n) is 26.2. The SMILES string of the molecule is CCc1ccc(N2C(=O)C3CC=C4C(CC5C(=O)N(c6ccc(CC)cc6)C(=O)C5C4c4cc(OC)c(O)c(Br)c4Br)C3C2=O)cc1. The Morgan fingerprint density at radius 1 is 0.745 bits per heavy atom. The maximum Gasteiger partial charge on any atom is 0.238 e. The van der Waals surface area contributed by atoms with Crippen LogP contribution in [0.5, 0.6) is 11.5 Å². The summed E-state index contributed by atoms with van der Waals surface area (Å²) in [7, 11) is 1.45. The van der Waals surface area contributed by atoms with E-state index in [0.29, 0.717) is 32.3 Å². The van der Waals surface area contributed by atoms with Gasteiger partial charge in [0.1, 0.15) is 0 Å². The first kappa shape index (κ1) is 31.8. The van der Waals surface area contributed by atoms with Crippen molar-refractivity contribution in [1.29, 1.82) is 0 Å². The van der Waals surface area contributed by atoms with Gasteiger partial charge in [-0.15, -0.1) is 0 Å². The van der Waals surface area contributed by atoms with Crippen molar-refractivity contribution in [3.8, 4) is 11.5 Å². The lowest BCUT2D eigenvalue weighted by molar-refractivity contribution is -0.126. The molecule has 4 aliphatic rings. The molecular formula is C37H34Br2N2O6. The van der Waals surface area contributed by atoms with Crippen LogP contribution in [-0.4, -0.2) is 35.8 Å². The van der Waals surface area contributed by atoms with Gasteiger partial charge in [-0.1, -0.05) is 49.8 Å². The highest BCUT2D eigenvalue weighted by Crippen LogP contribution is 2.60. The van der Waals surface area contributed by atoms with Crippen LogP contribution in [0.3, 0.4) is 0 Å². The molecule has 8 nitrogen and oxygen atoms in total. The van der Waals surface area contributed by atoms with Crippen LogP contribution in [0.15, 0.2) is 75.2 Å². The number of hydrogen-bond acceptors (Lipinski definition) is 6. The molecule has 4 amide bonds. The van der Waals surface area contributed by atoms with E-state index < -0.39 is 35.5 Å². The average molecular weight is 762 g/mol. The standard InChI is InChI=1S/C37H34Br2N2O6/c1-4-18-6-10-20(11-7-18)40-34(43)23-15-14-22-24(29(23)36(40)45)16-26-30(28(22)25-17-27(47-3)33(42)32(39)31(25)38)37(46)41(35(26)44)21-12-8-19(5-2)9-13-21/h6-14,17,23-24,26,28-30,42H,4-5,15-16H2,1-3H3. The van der Waals surface area contributed by atoms with E-state index >= 15 is 0 Å². The predicted octanol–water partition coefficient (Wildman–Crippen LogP) is 7.10. The molecule has 3 fully saturated rings. The van der Waals surface area contributed by atoms with Crippen LogP contribution in [0.25, 0.3) is 0 Å². The number of carbonyl (C=O) groups is 4. The second kappa shape index (κ2) is 12.0. The predicted molar refractivity (Wildman–Crippen MR) is 184 cm³/mol. The lowest BCUT2D eigenvalue weighted by atomic mass is 9.57. The molecule has 2 aliphatic heterocycles. The van der Waals surface area contributed by atoms with Crippen molar-refractivity contribution in [3.05, 3.63) is 91.9 Å². The number of fused-ring (bicyclic) bond motifs is 4. The maximum absolute atomic E-state index is 14.5. The lowest BCUT2D eigenvalue weighted by Crippen LogP contribution is -2.43. The van der Waals surface area contributed by atoms with Crippen LogP contribution in [0.1, 0.15) is 49.3 Å². The normalized spacial score (nSPS) is 26.7. The van der Waals surface area contributed by atoms with Crippen LogP contribution in [-0.2, 0) is 32.0 Å². The van der Waals surface area contributed by atoms with E-state index in [1.807, 2.05) is 56.3 Å². The van der Waals surface area contributed by atoms with Crippen molar-refractivity contribution in [2.45, 2.75) is 45.4 Å². The van der Waals surface area contributed by atoms with Gasteiger partial charge in [0, 0.05) is 10.4 Å². The molecule has 6 atom stereocenters. The largest absolute Gasteiger partial charge is 0.503 e. The molecule has 3 aromatic rings. The van der Waals surface area contributed by atoms with Crippen molar-refractivity contribution < 1.29 is 29.0 Å². The maximum atomic E-state index is 14.5. The lowest BCUT2D eigenvalue weighted by Gasteiger charge is -2.44. The minimum atomic E-state index is -0.755. The summed E-state index contributed by atoms with van der Waals surface area (Å²) < 4.78 is 6.40. The first-order valence-corrected chi connectivity index (χ1v) is 17.6. The number of rotatable bonds is 6. The molecule has 2 saturated heterocycles. The summed E-state index contributed by atoms with van der Waals surface area (Å²) in [5.41, 5.74) is 4.77. The van der Waals surface area contributed by atoms with Crippen LogP contribution < -0.4 is 14.5 Å². The van der Waals surface area contributed by atoms with Gasteiger partial charge < -0.3 is 9.84 Å². The molecule has 2 aliphatic carbocycles. The summed E-state index contributed by atoms with van der Waals surface area (Å²) in [6.07, 6.45) is 4.30. The minimum Gasteiger partial charge on any atom is -0.503 e. The Balaban J connectivity index is 1.36. The summed E-state index contributed by atoms with van der Waals surface area (Å²) in [6, 6.07) is 16.6. The number of ether oxygens (including phenoxy) is 1. The molecular weight excluding hydrogens is 728 g/mol. The highest BCUT2D eigenvalue weighted by molar-refractivity contribution is 9.13. The fraction of sp³-hybridized carbons (Fsp3) is 0.351. The molecule has 242 valence electrons. The number of methoxy groups -OCH3 is 1. The molecule has 0 bridgehead atoms. The Morgan fingerprint density at radius 2 is 1.28 bits per heavy atom. The fourth-order valence-corrected chi connectivity index (χ4v) is 9.17. The van der Waals surface area contributed by atoms with E-state index in [1.54, 1.807) is 18.2 Å². The quantitative estimate of drug-likeness (QED) is 0.213. The van der Waals surface area contributed by atoms with Crippen LogP contribution >= 0.6 is 31.9 Å². The zero-order chi connectivity index (χ0) is 33.3. The highest BCUT2D eigenvalue weighted by atomic mass is 79.9. The Kier molecular flexibility index (Phi) is 8.15. The van der Waals surface area contributed by atoms with Gasteiger partial charge in [0.2, 0.25) is 23.6 Å². The second-order valence-corrected chi connectivity index (χ2v) is 14.3. The van der Waals surface area contributed by atoms with Gasteiger partial charge >= 0.3 is 0 Å². The number of carbonyl (C=O) groups excluding carboxylic acids is 4. The fourth-order valence-electron chi connectivity index (χ4n) is 8.20. The number of amides is 4. The summed E-state index contributed by atoms with van der Waals surface area (Å²) in [5.74, 6) is -4.77. The van der Waals surface area contributed by atoms with Gasteiger partial charge in [0.25, 0.3) is 0 Å². The van der Waals surface area contributed by atoms with E-state index in [-0.39, 0.29) is 41.5 Å². The zero-order valence-corrected chi connectivity index (χ0v) is 29.4. The molecule has 1 N–H and O–H groups in total. The summed E-state index contributed by atoms with van der Waals surface area (Å²) >= 11 is 7.14. The molecule has 47 heavy (non-hydrogen) atoms. The van der Waals surface area contributed by atoms with E-state index in [4.69, 9.17) is 4.74 Å². The average Bonchev–Trinajstić information content (AvgIpc) is 3.50. The number of phenols is 1. The van der Waals surface area contributed by atoms with Crippen molar-refractivity contribution in [1.82, 2.24) is 0 Å². The summed E-state index contributed by atoms with van der Waals surface area (Å²) in [6.45, 7) is 4.09. The minimum absolute atomic E-state index is 0.0995. The number of nitrogens with zero attached hydrogens (tertiary/aromatic N) is 2. The Hall–Kier alpha value is -3.76. The highest BCUT2D eigenvalue weighted by Gasteiger charge is 2.62. The Morgan fingerprint density at radius 3 is 1.81 bits per heavy atom. The third-order valence-corrected chi connectivity index (χ3v) is 12.7. The number of imide groups is 2. The number of hydrogen-bond donors (Lipinski definition) is 1. The summed E-state index contributed by atoms with van der Waals surface area (Å²) in [5, 5.41) is 10.8. The third kappa shape index (κ3) is 4.81. The van der Waals surface area contributed by atoms with Crippen molar-refractivity contribution in [3.63, 3.8) is 0 Å². The van der Waals surface area contributed by atoms with Crippen molar-refractivity contribution in [2.75, 3.05) is 16.9 Å². The third-order valence-electron chi connectivity index (χ3n) is 10.6. The van der Waals surface area contributed by atoms with E-state index in [2.05, 4.69) is 31.9 Å². The molecule has 1 saturated carbocycles. The number of allylic oxidation sites excluding steroid dienone is 2. The number of phenolic OH excluding ortho intramolecular Hbond substituents is 1. The van der Waals surface area contributed by atoms with Gasteiger partial charge in [0.05, 0.1) is 46.6 Å². The number of anilines is 2. The number of aryl methyl sites for hydroxylation is 2. The van der Waals surface area contributed by atoms with Crippen LogP contribution in [0.2, 0.25) is 0 Å². The Labute approximate surface area is 290 Å². The first-order valence-electron chi connectivity index (χ1n) is 16.0. The van der Waals surface area contributed by atoms with E-state index in [1.165, 1.54) is 16.9 Å². The number of benzene rings is 3. The molecule has 3 aromatic carbocycles. The molecule has 7 rings (SSSR count). The van der Waals surface area contributed by atoms with Crippen LogP contribution in [0, 0.1) is 29.6 Å². The molecule has 0 spiro atoms. The van der Waals surface area contributed by atoms with Gasteiger partial charge in [-0.2, -0.15) is 0 Å². The molecule has 0 radical (unpaired) electrons. The number of aromatic hydroxyl groups is 1. The second-order valence-electron chi connectivity index (χ2n) is 12.7. The van der Waals surface area contributed by atoms with Gasteiger partial charge in [-0.05, 0) is 110 Å². The van der Waals surface area contributed by atoms with Gasteiger partial charge in [-0.3, -0.25) is 29.0 Å². The Bertz CT molecular complexity index is 1850. The first-order chi connectivity index (χ1) is 22.6. The van der Waals surface area contributed by atoms with Crippen molar-refractivity contribution >= 4 is 66.9 Å². The van der Waals surface area contributed by atoms with E-state index in [9.17, 15) is 24.3 Å². The number of halogens is 2. The molecule has 0 aromatic heterocycles. The smallest absolute Gasteiger partial charge is 0.238 e. The van der Waals surface area contributed by atoms with Crippen LogP contribution in [0.4, 0.5) is 11.4 Å². The summed E-state index contributed by atoms with van der Waals surface area (Å²) in [4.78, 5) is 59.5. The monoisotopic (exact) mass is 760 g/mol. The van der Waals surface area contributed by atoms with Gasteiger partial charge in [0.15, 0.2) is 11.5 Å². The van der Waals surface area contributed by atoms with Gasteiger partial charge in [-0.25, -0.2) is 0 Å². The van der Waals surface area contributed by atoms with E-state index in [0.717, 1.165) is 29.5 Å². The topological polar surface area (TPSA) is 104 Å². The molecule has 6 unspecified atom stereocenters. The molecule has 2 heterocycles. The molecule has 10 heteroatoms. The van der Waals surface area contributed by atoms with Crippen molar-refractivity contribution in [2.24, 2.45) is 29.6 Å².